The number of sulfonamides is 1. The molecule has 0 aromatic carbocycles. The molecular weight excluding hydrogens is 272 g/mol. The molecule has 0 fully saturated rings. The summed E-state index contributed by atoms with van der Waals surface area (Å²) in [5, 5.41) is 0. The molecule has 0 saturated heterocycles. The molecule has 1 aromatic heterocycles. The Balaban J connectivity index is 2.89. The number of nitrogens with two attached hydrogens (primary N) is 1. The fourth-order valence-corrected chi connectivity index (χ4v) is 3.19. The summed E-state index contributed by atoms with van der Waals surface area (Å²) in [6, 6.07) is -0.0694. The van der Waals surface area contributed by atoms with Crippen LogP contribution in [0, 0.1) is 0 Å². The molecule has 0 radical (unpaired) electrons. The van der Waals surface area contributed by atoms with E-state index in [2.05, 4.69) is 9.97 Å². The molecule has 2 N–H and O–H groups in total. The summed E-state index contributed by atoms with van der Waals surface area (Å²) in [7, 11) is -1.98. The van der Waals surface area contributed by atoms with Gasteiger partial charge in [-0.1, -0.05) is 0 Å². The Morgan fingerprint density at radius 3 is 2.50 bits per heavy atom. The molecule has 1 atom stereocenters. The number of anilines is 1. The first-order valence-corrected chi connectivity index (χ1v) is 8.27. The van der Waals surface area contributed by atoms with Gasteiger partial charge in [0.25, 0.3) is 0 Å². The lowest BCUT2D eigenvalue weighted by atomic mass is 10.3. The van der Waals surface area contributed by atoms with Crippen molar-refractivity contribution in [3.63, 3.8) is 0 Å². The van der Waals surface area contributed by atoms with Crippen molar-refractivity contribution >= 4 is 27.7 Å². The van der Waals surface area contributed by atoms with Gasteiger partial charge in [-0.2, -0.15) is 16.1 Å². The molecule has 0 aliphatic carbocycles. The van der Waals surface area contributed by atoms with Gasteiger partial charge in [0.05, 0.1) is 12.4 Å². The van der Waals surface area contributed by atoms with E-state index in [-0.39, 0.29) is 16.9 Å². The number of rotatable bonds is 6. The SMILES string of the molecule is CSCCC(C)N(C)S(=O)(=O)c1cnc(N)nc1. The van der Waals surface area contributed by atoms with E-state index in [1.54, 1.807) is 18.8 Å². The summed E-state index contributed by atoms with van der Waals surface area (Å²) in [6.45, 7) is 1.88. The fraction of sp³-hybridized carbons (Fsp3) is 0.600. The predicted octanol–water partition coefficient (Wildman–Crippen LogP) is 0.821. The molecule has 102 valence electrons. The number of aromatic nitrogens is 2. The standard InChI is InChI=1S/C10H18N4O2S2/c1-8(4-5-17-3)14(2)18(15,16)9-6-12-10(11)13-7-9/h6-8H,4-5H2,1-3H3,(H2,11,12,13). The highest BCUT2D eigenvalue weighted by atomic mass is 32.2. The van der Waals surface area contributed by atoms with Crippen molar-refractivity contribution in [2.75, 3.05) is 24.8 Å². The van der Waals surface area contributed by atoms with Gasteiger partial charge in [-0.3, -0.25) is 0 Å². The molecule has 1 rings (SSSR count). The quantitative estimate of drug-likeness (QED) is 0.834. The van der Waals surface area contributed by atoms with E-state index in [1.165, 1.54) is 16.7 Å². The third-order valence-corrected chi connectivity index (χ3v) is 5.25. The number of hydrogen-bond acceptors (Lipinski definition) is 6. The topological polar surface area (TPSA) is 89.2 Å². The van der Waals surface area contributed by atoms with Crippen LogP contribution >= 0.6 is 11.8 Å². The Morgan fingerprint density at radius 1 is 1.44 bits per heavy atom. The summed E-state index contributed by atoms with van der Waals surface area (Å²) < 4.78 is 25.8. The first kappa shape index (κ1) is 15.2. The van der Waals surface area contributed by atoms with Gasteiger partial charge in [0.1, 0.15) is 4.90 Å². The van der Waals surface area contributed by atoms with Crippen LogP contribution in [-0.2, 0) is 10.0 Å². The number of thioether (sulfide) groups is 1. The van der Waals surface area contributed by atoms with E-state index in [4.69, 9.17) is 5.73 Å². The van der Waals surface area contributed by atoms with Gasteiger partial charge in [0, 0.05) is 13.1 Å². The van der Waals surface area contributed by atoms with Crippen molar-refractivity contribution in [3.05, 3.63) is 12.4 Å². The van der Waals surface area contributed by atoms with Crippen LogP contribution in [0.15, 0.2) is 17.3 Å². The van der Waals surface area contributed by atoms with Gasteiger partial charge < -0.3 is 5.73 Å². The van der Waals surface area contributed by atoms with Crippen molar-refractivity contribution in [3.8, 4) is 0 Å². The Morgan fingerprint density at radius 2 is 2.00 bits per heavy atom. The zero-order chi connectivity index (χ0) is 13.8. The minimum absolute atomic E-state index is 0.0621. The smallest absolute Gasteiger partial charge is 0.246 e. The van der Waals surface area contributed by atoms with Gasteiger partial charge in [-0.05, 0) is 25.4 Å². The molecular formula is C10H18N4O2S2. The highest BCUT2D eigenvalue weighted by Gasteiger charge is 2.25. The van der Waals surface area contributed by atoms with Crippen LogP contribution in [0.3, 0.4) is 0 Å². The van der Waals surface area contributed by atoms with E-state index >= 15 is 0 Å². The molecule has 0 aliphatic heterocycles. The molecule has 18 heavy (non-hydrogen) atoms. The number of hydrogen-bond donors (Lipinski definition) is 1. The van der Waals surface area contributed by atoms with E-state index in [0.29, 0.717) is 0 Å². The summed E-state index contributed by atoms with van der Waals surface area (Å²) >= 11 is 1.69. The van der Waals surface area contributed by atoms with Gasteiger partial charge in [-0.25, -0.2) is 18.4 Å². The van der Waals surface area contributed by atoms with Gasteiger partial charge >= 0.3 is 0 Å². The van der Waals surface area contributed by atoms with Crippen molar-refractivity contribution in [2.45, 2.75) is 24.3 Å². The monoisotopic (exact) mass is 290 g/mol. The van der Waals surface area contributed by atoms with Crippen molar-refractivity contribution in [1.82, 2.24) is 14.3 Å². The predicted molar refractivity (Wildman–Crippen MR) is 73.9 cm³/mol. The van der Waals surface area contributed by atoms with Crippen LogP contribution < -0.4 is 5.73 Å². The second-order valence-corrected chi connectivity index (χ2v) is 6.91. The van der Waals surface area contributed by atoms with Crippen LogP contribution in [0.4, 0.5) is 5.95 Å². The molecule has 6 nitrogen and oxygen atoms in total. The molecule has 0 amide bonds. The third kappa shape index (κ3) is 3.56. The minimum Gasteiger partial charge on any atom is -0.368 e. The Bertz CT molecular complexity index is 475. The molecule has 0 aliphatic rings. The lowest BCUT2D eigenvalue weighted by Crippen LogP contribution is -2.35. The van der Waals surface area contributed by atoms with E-state index < -0.39 is 10.0 Å². The van der Waals surface area contributed by atoms with Crippen LogP contribution in [0.2, 0.25) is 0 Å². The minimum atomic E-state index is -3.54. The normalized spacial score (nSPS) is 13.8. The zero-order valence-corrected chi connectivity index (χ0v) is 12.3. The maximum Gasteiger partial charge on any atom is 0.246 e. The van der Waals surface area contributed by atoms with Crippen molar-refractivity contribution < 1.29 is 8.42 Å². The van der Waals surface area contributed by atoms with E-state index in [0.717, 1.165) is 12.2 Å². The maximum atomic E-state index is 12.2. The Labute approximate surface area is 112 Å². The summed E-state index contributed by atoms with van der Waals surface area (Å²) in [4.78, 5) is 7.48. The average molecular weight is 290 g/mol. The van der Waals surface area contributed by atoms with Gasteiger partial charge in [0.15, 0.2) is 0 Å². The number of nitrogen functional groups attached to an aromatic ring is 1. The van der Waals surface area contributed by atoms with Crippen LogP contribution in [-0.4, -0.2) is 47.8 Å². The van der Waals surface area contributed by atoms with Crippen molar-refractivity contribution in [2.24, 2.45) is 0 Å². The highest BCUT2D eigenvalue weighted by Crippen LogP contribution is 2.17. The lowest BCUT2D eigenvalue weighted by molar-refractivity contribution is 0.382. The maximum absolute atomic E-state index is 12.2. The molecule has 1 aromatic rings. The first-order valence-electron chi connectivity index (χ1n) is 5.44. The molecule has 1 heterocycles. The number of nitrogens with zero attached hydrogens (tertiary/aromatic N) is 3. The van der Waals surface area contributed by atoms with E-state index in [1.807, 2.05) is 13.2 Å². The first-order chi connectivity index (χ1) is 8.39. The second-order valence-electron chi connectivity index (χ2n) is 3.93. The third-order valence-electron chi connectivity index (χ3n) is 2.69. The van der Waals surface area contributed by atoms with Gasteiger partial charge in [-0.15, -0.1) is 0 Å². The Kier molecular flexibility index (Phi) is 5.36. The lowest BCUT2D eigenvalue weighted by Gasteiger charge is -2.23. The van der Waals surface area contributed by atoms with Crippen LogP contribution in [0.1, 0.15) is 13.3 Å². The molecule has 0 saturated carbocycles. The van der Waals surface area contributed by atoms with Gasteiger partial charge in [0.2, 0.25) is 16.0 Å². The summed E-state index contributed by atoms with van der Waals surface area (Å²) in [5.41, 5.74) is 5.34. The molecule has 1 unspecified atom stereocenters. The summed E-state index contributed by atoms with van der Waals surface area (Å²) in [5.74, 6) is 0.978. The van der Waals surface area contributed by atoms with Crippen LogP contribution in [0.5, 0.6) is 0 Å². The molecule has 8 heteroatoms. The average Bonchev–Trinajstić information content (AvgIpc) is 2.35. The highest BCUT2D eigenvalue weighted by molar-refractivity contribution is 7.98. The Hall–Kier alpha value is -0.860. The summed E-state index contributed by atoms with van der Waals surface area (Å²) in [6.07, 6.45) is 5.26. The molecule has 0 spiro atoms. The van der Waals surface area contributed by atoms with E-state index in [9.17, 15) is 8.42 Å². The second kappa shape index (κ2) is 6.35. The molecule has 0 bridgehead atoms. The largest absolute Gasteiger partial charge is 0.368 e. The van der Waals surface area contributed by atoms with Crippen molar-refractivity contribution in [1.29, 1.82) is 0 Å². The fourth-order valence-electron chi connectivity index (χ4n) is 1.33. The van der Waals surface area contributed by atoms with Crippen LogP contribution in [0.25, 0.3) is 0 Å². The zero-order valence-electron chi connectivity index (χ0n) is 10.7.